The van der Waals surface area contributed by atoms with Gasteiger partial charge >= 0.3 is 0 Å². The van der Waals surface area contributed by atoms with Gasteiger partial charge in [0.05, 0.1) is 11.1 Å². The summed E-state index contributed by atoms with van der Waals surface area (Å²) in [6, 6.07) is 6.88. The van der Waals surface area contributed by atoms with E-state index in [0.717, 1.165) is 0 Å². The number of pyridine rings is 2. The third-order valence-corrected chi connectivity index (χ3v) is 2.30. The van der Waals surface area contributed by atoms with Gasteiger partial charge in [0.1, 0.15) is 0 Å². The van der Waals surface area contributed by atoms with Crippen molar-refractivity contribution in [1.29, 1.82) is 0 Å². The lowest BCUT2D eigenvalue weighted by Crippen LogP contribution is -2.17. The molecule has 0 spiro atoms. The van der Waals surface area contributed by atoms with E-state index < -0.39 is 0 Å². The number of hydrogen-bond donors (Lipinski definition) is 2. The van der Waals surface area contributed by atoms with Crippen molar-refractivity contribution < 1.29 is 9.59 Å². The van der Waals surface area contributed by atoms with Gasteiger partial charge in [0.15, 0.2) is 0 Å². The van der Waals surface area contributed by atoms with Crippen molar-refractivity contribution in [3.63, 3.8) is 0 Å². The predicted molar refractivity (Wildman–Crippen MR) is 75.3 cm³/mol. The van der Waals surface area contributed by atoms with Gasteiger partial charge in [-0.05, 0) is 24.3 Å². The molecule has 0 aliphatic carbocycles. The average molecular weight is 272 g/mol. The van der Waals surface area contributed by atoms with Crippen molar-refractivity contribution in [3.05, 3.63) is 60.2 Å². The molecule has 2 rings (SSSR count). The second kappa shape index (κ2) is 8.36. The smallest absolute Gasteiger partial charge is 0.252 e. The summed E-state index contributed by atoms with van der Waals surface area (Å²) >= 11 is 0. The quantitative estimate of drug-likeness (QED) is 0.850. The second-order valence-corrected chi connectivity index (χ2v) is 3.64. The standard InChI is InChI=1S/2C7H8N2O/c2*1-8-7(10)6-3-2-4-9-5-6/h2*2-5H,1H3,(H,8,10). The van der Waals surface area contributed by atoms with E-state index >= 15 is 0 Å². The first kappa shape index (κ1) is 15.3. The zero-order valence-corrected chi connectivity index (χ0v) is 11.3. The number of nitrogens with one attached hydrogen (secondary N) is 2. The maximum atomic E-state index is 10.9. The van der Waals surface area contributed by atoms with E-state index in [1.54, 1.807) is 50.8 Å². The molecule has 0 aliphatic rings. The molecule has 0 aliphatic heterocycles. The van der Waals surface area contributed by atoms with Gasteiger partial charge in [-0.1, -0.05) is 0 Å². The predicted octanol–water partition coefficient (Wildman–Crippen LogP) is 0.882. The van der Waals surface area contributed by atoms with Crippen molar-refractivity contribution in [3.8, 4) is 0 Å². The zero-order valence-electron chi connectivity index (χ0n) is 11.3. The fourth-order valence-corrected chi connectivity index (χ4v) is 1.28. The Balaban J connectivity index is 0.000000200. The molecule has 0 unspecified atom stereocenters. The van der Waals surface area contributed by atoms with E-state index in [9.17, 15) is 9.59 Å². The molecule has 6 heteroatoms. The highest BCUT2D eigenvalue weighted by Gasteiger charge is 1.99. The van der Waals surface area contributed by atoms with Gasteiger partial charge < -0.3 is 10.6 Å². The molecule has 2 heterocycles. The highest BCUT2D eigenvalue weighted by atomic mass is 16.2. The van der Waals surface area contributed by atoms with Crippen molar-refractivity contribution in [2.75, 3.05) is 14.1 Å². The normalized spacial score (nSPS) is 8.90. The largest absolute Gasteiger partial charge is 0.355 e. The van der Waals surface area contributed by atoms with E-state index in [0.29, 0.717) is 11.1 Å². The first-order valence-corrected chi connectivity index (χ1v) is 5.93. The van der Waals surface area contributed by atoms with Crippen molar-refractivity contribution in [2.24, 2.45) is 0 Å². The summed E-state index contributed by atoms with van der Waals surface area (Å²) in [4.78, 5) is 29.3. The molecule has 0 saturated carbocycles. The molecule has 0 fully saturated rings. The first-order chi connectivity index (χ1) is 9.69. The molecule has 0 atom stereocenters. The van der Waals surface area contributed by atoms with Crippen LogP contribution in [0.5, 0.6) is 0 Å². The zero-order chi connectivity index (χ0) is 14.8. The van der Waals surface area contributed by atoms with E-state index in [4.69, 9.17) is 0 Å². The van der Waals surface area contributed by atoms with E-state index in [-0.39, 0.29) is 11.8 Å². The molecule has 20 heavy (non-hydrogen) atoms. The fraction of sp³-hybridized carbons (Fsp3) is 0.143. The molecule has 6 nitrogen and oxygen atoms in total. The van der Waals surface area contributed by atoms with E-state index in [1.807, 2.05) is 0 Å². The third-order valence-electron chi connectivity index (χ3n) is 2.30. The van der Waals surface area contributed by atoms with Gasteiger partial charge in [-0.25, -0.2) is 0 Å². The molecule has 0 radical (unpaired) electrons. The summed E-state index contributed by atoms with van der Waals surface area (Å²) < 4.78 is 0. The Morgan fingerprint density at radius 2 is 1.25 bits per heavy atom. The summed E-state index contributed by atoms with van der Waals surface area (Å²) in [5.74, 6) is -0.207. The molecule has 2 N–H and O–H groups in total. The molecule has 2 aromatic heterocycles. The van der Waals surface area contributed by atoms with Crippen LogP contribution in [-0.2, 0) is 0 Å². The number of amides is 2. The molecular weight excluding hydrogens is 256 g/mol. The van der Waals surface area contributed by atoms with Crippen LogP contribution in [0, 0.1) is 0 Å². The summed E-state index contributed by atoms with van der Waals surface area (Å²) in [5, 5.41) is 5.00. The minimum atomic E-state index is -0.104. The SMILES string of the molecule is CNC(=O)c1cccnc1.CNC(=O)c1cccnc1. The fourth-order valence-electron chi connectivity index (χ4n) is 1.28. The molecule has 0 bridgehead atoms. The maximum absolute atomic E-state index is 10.9. The average Bonchev–Trinajstić information content (AvgIpc) is 2.55. The van der Waals surface area contributed by atoms with Gasteiger partial charge in [-0.2, -0.15) is 0 Å². The Morgan fingerprint density at radius 1 is 0.850 bits per heavy atom. The van der Waals surface area contributed by atoms with Crippen LogP contribution in [0.1, 0.15) is 20.7 Å². The number of aromatic nitrogens is 2. The van der Waals surface area contributed by atoms with Crippen LogP contribution >= 0.6 is 0 Å². The van der Waals surface area contributed by atoms with Crippen molar-refractivity contribution in [2.45, 2.75) is 0 Å². The Morgan fingerprint density at radius 3 is 1.50 bits per heavy atom. The van der Waals surface area contributed by atoms with Crippen molar-refractivity contribution in [1.82, 2.24) is 20.6 Å². The lowest BCUT2D eigenvalue weighted by molar-refractivity contribution is 0.0954. The number of rotatable bonds is 2. The molecule has 0 saturated heterocycles. The highest BCUT2D eigenvalue weighted by Crippen LogP contribution is 1.93. The Kier molecular flexibility index (Phi) is 6.40. The van der Waals surface area contributed by atoms with Crippen LogP contribution in [-0.4, -0.2) is 35.9 Å². The van der Waals surface area contributed by atoms with Crippen LogP contribution in [0.25, 0.3) is 0 Å². The lowest BCUT2D eigenvalue weighted by atomic mass is 10.3. The van der Waals surface area contributed by atoms with Crippen LogP contribution in [0.3, 0.4) is 0 Å². The molecular formula is C14H16N4O2. The van der Waals surface area contributed by atoms with Gasteiger partial charge in [0, 0.05) is 38.9 Å². The topological polar surface area (TPSA) is 84.0 Å². The summed E-state index contributed by atoms with van der Waals surface area (Å²) in [6.45, 7) is 0. The molecule has 2 aromatic rings. The summed E-state index contributed by atoms with van der Waals surface area (Å²) in [7, 11) is 3.19. The van der Waals surface area contributed by atoms with Crippen LogP contribution in [0.15, 0.2) is 49.1 Å². The maximum Gasteiger partial charge on any atom is 0.252 e. The Bertz CT molecular complexity index is 492. The molecule has 104 valence electrons. The van der Waals surface area contributed by atoms with Crippen LogP contribution in [0.2, 0.25) is 0 Å². The molecule has 2 amide bonds. The number of hydrogen-bond acceptors (Lipinski definition) is 4. The minimum Gasteiger partial charge on any atom is -0.355 e. The second-order valence-electron chi connectivity index (χ2n) is 3.64. The lowest BCUT2D eigenvalue weighted by Gasteiger charge is -1.95. The van der Waals surface area contributed by atoms with Crippen LogP contribution < -0.4 is 10.6 Å². The molecule has 0 aromatic carbocycles. The monoisotopic (exact) mass is 272 g/mol. The van der Waals surface area contributed by atoms with Gasteiger partial charge in [0.2, 0.25) is 0 Å². The van der Waals surface area contributed by atoms with E-state index in [1.165, 1.54) is 12.4 Å². The van der Waals surface area contributed by atoms with Gasteiger partial charge in [-0.3, -0.25) is 19.6 Å². The van der Waals surface area contributed by atoms with Crippen LogP contribution in [0.4, 0.5) is 0 Å². The minimum absolute atomic E-state index is 0.104. The van der Waals surface area contributed by atoms with Crippen molar-refractivity contribution >= 4 is 11.8 Å². The summed E-state index contributed by atoms with van der Waals surface area (Å²) in [6.07, 6.45) is 6.32. The highest BCUT2D eigenvalue weighted by molar-refractivity contribution is 5.93. The first-order valence-electron chi connectivity index (χ1n) is 5.93. The van der Waals surface area contributed by atoms with Gasteiger partial charge in [0.25, 0.3) is 11.8 Å². The number of carbonyl (C=O) groups excluding carboxylic acids is 2. The Labute approximate surface area is 117 Å². The summed E-state index contributed by atoms with van der Waals surface area (Å²) in [5.41, 5.74) is 1.18. The van der Waals surface area contributed by atoms with E-state index in [2.05, 4.69) is 20.6 Å². The Hall–Kier alpha value is -2.76. The number of carbonyl (C=O) groups is 2. The third kappa shape index (κ3) is 4.85. The number of nitrogens with zero attached hydrogens (tertiary/aromatic N) is 2. The van der Waals surface area contributed by atoms with Gasteiger partial charge in [-0.15, -0.1) is 0 Å².